The maximum atomic E-state index is 14.2. The summed E-state index contributed by atoms with van der Waals surface area (Å²) in [4.78, 5) is 19.3. The molecular formula is C34H29Cl2N3O4S. The van der Waals surface area contributed by atoms with Crippen LogP contribution in [0.25, 0.3) is 10.8 Å². The molecule has 10 heteroatoms. The lowest BCUT2D eigenvalue weighted by molar-refractivity contribution is -0.0200. The lowest BCUT2D eigenvalue weighted by Gasteiger charge is -2.39. The SMILES string of the molecule is O=C(c1ccc(Cl)c(S(=O)(=O)N(Cc2ccccc2)c2ccccc2Cl)c1)N1CCC(O)(c2cccc3cnccc23)CC1. The topological polar surface area (TPSA) is 90.8 Å². The first-order valence-corrected chi connectivity index (χ1v) is 16.3. The smallest absolute Gasteiger partial charge is 0.266 e. The number of para-hydroxylation sites is 1. The van der Waals surface area contributed by atoms with E-state index in [9.17, 15) is 18.3 Å². The molecule has 0 atom stereocenters. The van der Waals surface area contributed by atoms with E-state index in [1.165, 1.54) is 22.5 Å². The van der Waals surface area contributed by atoms with Gasteiger partial charge in [0.2, 0.25) is 0 Å². The number of nitrogens with zero attached hydrogens (tertiary/aromatic N) is 3. The van der Waals surface area contributed by atoms with E-state index in [4.69, 9.17) is 23.2 Å². The highest BCUT2D eigenvalue weighted by atomic mass is 35.5. The Morgan fingerprint density at radius 3 is 2.36 bits per heavy atom. The van der Waals surface area contributed by atoms with Gasteiger partial charge in [-0.2, -0.15) is 0 Å². The summed E-state index contributed by atoms with van der Waals surface area (Å²) < 4.78 is 29.7. The number of fused-ring (bicyclic) bond motifs is 1. The summed E-state index contributed by atoms with van der Waals surface area (Å²) in [6, 6.07) is 27.8. The summed E-state index contributed by atoms with van der Waals surface area (Å²) in [7, 11) is -4.27. The van der Waals surface area contributed by atoms with Crippen molar-refractivity contribution in [3.63, 3.8) is 0 Å². The Morgan fingerprint density at radius 2 is 1.61 bits per heavy atom. The van der Waals surface area contributed by atoms with Crippen LogP contribution >= 0.6 is 23.2 Å². The van der Waals surface area contributed by atoms with Crippen LogP contribution in [0.4, 0.5) is 5.69 Å². The van der Waals surface area contributed by atoms with E-state index >= 15 is 0 Å². The molecule has 0 bridgehead atoms. The highest BCUT2D eigenvalue weighted by molar-refractivity contribution is 7.93. The number of halogens is 2. The fourth-order valence-corrected chi connectivity index (χ4v) is 7.98. The molecule has 1 amide bonds. The van der Waals surface area contributed by atoms with E-state index in [2.05, 4.69) is 4.98 Å². The molecule has 4 aromatic carbocycles. The molecule has 224 valence electrons. The van der Waals surface area contributed by atoms with Crippen LogP contribution in [0.15, 0.2) is 114 Å². The first kappa shape index (κ1) is 30.1. The van der Waals surface area contributed by atoms with Gasteiger partial charge in [0, 0.05) is 36.4 Å². The summed E-state index contributed by atoms with van der Waals surface area (Å²) in [5.74, 6) is -0.338. The van der Waals surface area contributed by atoms with Crippen molar-refractivity contribution < 1.29 is 18.3 Å². The molecule has 6 rings (SSSR count). The summed E-state index contributed by atoms with van der Waals surface area (Å²) >= 11 is 13.0. The molecule has 5 aromatic rings. The van der Waals surface area contributed by atoms with Crippen molar-refractivity contribution in [1.82, 2.24) is 9.88 Å². The molecule has 1 aliphatic heterocycles. The second kappa shape index (κ2) is 12.2. The number of aromatic nitrogens is 1. The Morgan fingerprint density at radius 1 is 0.886 bits per heavy atom. The Hall–Kier alpha value is -3.95. The molecule has 0 saturated carbocycles. The molecule has 0 spiro atoms. The standard InChI is InChI=1S/C34H29Cl2N3O4S/c35-29-11-4-5-12-31(29)39(23-24-7-2-1-3-8-24)44(42,43)32-21-25(13-14-30(32)36)33(40)38-19-16-34(41,17-20-38)28-10-6-9-26-22-37-18-15-27(26)28/h1-15,18,21-22,41H,16-17,19-20,23H2. The van der Waals surface area contributed by atoms with Gasteiger partial charge < -0.3 is 10.0 Å². The Kier molecular flexibility index (Phi) is 8.35. The number of anilines is 1. The minimum atomic E-state index is -4.27. The van der Waals surface area contributed by atoms with Crippen LogP contribution in [0, 0.1) is 0 Å². The average Bonchev–Trinajstić information content (AvgIpc) is 3.04. The summed E-state index contributed by atoms with van der Waals surface area (Å²) in [6.07, 6.45) is 4.12. The summed E-state index contributed by atoms with van der Waals surface area (Å²) in [5, 5.41) is 13.8. The molecule has 1 N–H and O–H groups in total. The van der Waals surface area contributed by atoms with Crippen LogP contribution in [0.2, 0.25) is 10.0 Å². The van der Waals surface area contributed by atoms with Gasteiger partial charge >= 0.3 is 0 Å². The number of carbonyl (C=O) groups is 1. The Bertz CT molecular complexity index is 1940. The molecule has 0 radical (unpaired) electrons. The van der Waals surface area contributed by atoms with Gasteiger partial charge in [0.05, 0.1) is 27.9 Å². The van der Waals surface area contributed by atoms with Crippen molar-refractivity contribution in [3.8, 4) is 0 Å². The Labute approximate surface area is 266 Å². The number of benzene rings is 4. The van der Waals surface area contributed by atoms with Crippen LogP contribution < -0.4 is 4.31 Å². The van der Waals surface area contributed by atoms with Gasteiger partial charge in [0.25, 0.3) is 15.9 Å². The van der Waals surface area contributed by atoms with Crippen molar-refractivity contribution in [1.29, 1.82) is 0 Å². The van der Waals surface area contributed by atoms with Gasteiger partial charge in [-0.25, -0.2) is 8.42 Å². The van der Waals surface area contributed by atoms with Gasteiger partial charge in [-0.3, -0.25) is 14.1 Å². The second-order valence-electron chi connectivity index (χ2n) is 10.8. The van der Waals surface area contributed by atoms with Crippen LogP contribution in [-0.4, -0.2) is 42.4 Å². The van der Waals surface area contributed by atoms with Crippen LogP contribution in [0.3, 0.4) is 0 Å². The maximum absolute atomic E-state index is 14.2. The number of likely N-dealkylation sites (tertiary alicyclic amines) is 1. The van der Waals surface area contributed by atoms with Gasteiger partial charge in [-0.15, -0.1) is 0 Å². The van der Waals surface area contributed by atoms with Crippen LogP contribution in [0.5, 0.6) is 0 Å². The molecular weight excluding hydrogens is 617 g/mol. The van der Waals surface area contributed by atoms with E-state index in [1.807, 2.05) is 54.6 Å². The number of pyridine rings is 1. The van der Waals surface area contributed by atoms with E-state index < -0.39 is 15.6 Å². The molecule has 1 aliphatic rings. The average molecular weight is 647 g/mol. The van der Waals surface area contributed by atoms with Crippen LogP contribution in [0.1, 0.15) is 34.3 Å². The minimum Gasteiger partial charge on any atom is -0.385 e. The number of sulfonamides is 1. The quantitative estimate of drug-likeness (QED) is 0.205. The van der Waals surface area contributed by atoms with Gasteiger partial charge in [0.1, 0.15) is 4.90 Å². The van der Waals surface area contributed by atoms with Crippen molar-refractivity contribution in [2.45, 2.75) is 29.9 Å². The number of hydrogen-bond donors (Lipinski definition) is 1. The van der Waals surface area contributed by atoms with E-state index in [1.54, 1.807) is 41.6 Å². The lowest BCUT2D eigenvalue weighted by atomic mass is 9.82. The van der Waals surface area contributed by atoms with Crippen molar-refractivity contribution >= 4 is 55.6 Å². The highest BCUT2D eigenvalue weighted by Crippen LogP contribution is 2.38. The number of rotatable bonds is 7. The monoisotopic (exact) mass is 645 g/mol. The third-order valence-corrected chi connectivity index (χ3v) is 10.7. The number of aliphatic hydroxyl groups is 1. The fourth-order valence-electron chi connectivity index (χ4n) is 5.72. The van der Waals surface area contributed by atoms with E-state index in [0.717, 1.165) is 21.9 Å². The third kappa shape index (κ3) is 5.78. The largest absolute Gasteiger partial charge is 0.385 e. The fraction of sp³-hybridized carbons (Fsp3) is 0.176. The normalized spacial score (nSPS) is 14.8. The zero-order valence-electron chi connectivity index (χ0n) is 23.6. The Balaban J connectivity index is 1.28. The predicted molar refractivity (Wildman–Crippen MR) is 173 cm³/mol. The molecule has 1 fully saturated rings. The van der Waals surface area contributed by atoms with Crippen LogP contribution in [-0.2, 0) is 22.2 Å². The molecule has 2 heterocycles. The zero-order chi connectivity index (χ0) is 30.9. The van der Waals surface area contributed by atoms with Gasteiger partial charge in [-0.05, 0) is 65.8 Å². The number of piperidine rings is 1. The summed E-state index contributed by atoms with van der Waals surface area (Å²) in [5.41, 5.74) is 0.933. The van der Waals surface area contributed by atoms with E-state index in [-0.39, 0.29) is 33.0 Å². The lowest BCUT2D eigenvalue weighted by Crippen LogP contribution is -2.45. The zero-order valence-corrected chi connectivity index (χ0v) is 25.9. The van der Waals surface area contributed by atoms with Crippen molar-refractivity contribution in [3.05, 3.63) is 136 Å². The van der Waals surface area contributed by atoms with Gasteiger partial charge in [0.15, 0.2) is 0 Å². The number of carbonyl (C=O) groups excluding carboxylic acids is 1. The predicted octanol–water partition coefficient (Wildman–Crippen LogP) is 7.06. The first-order valence-electron chi connectivity index (χ1n) is 14.1. The molecule has 1 saturated heterocycles. The maximum Gasteiger partial charge on any atom is 0.266 e. The highest BCUT2D eigenvalue weighted by Gasteiger charge is 2.37. The summed E-state index contributed by atoms with van der Waals surface area (Å²) in [6.45, 7) is 0.596. The van der Waals surface area contributed by atoms with E-state index in [0.29, 0.717) is 31.6 Å². The minimum absolute atomic E-state index is 0.00914. The molecule has 1 aromatic heterocycles. The third-order valence-electron chi connectivity index (χ3n) is 8.10. The second-order valence-corrected chi connectivity index (χ2v) is 13.5. The molecule has 44 heavy (non-hydrogen) atoms. The first-order chi connectivity index (χ1) is 21.2. The number of hydrogen-bond acceptors (Lipinski definition) is 5. The molecule has 7 nitrogen and oxygen atoms in total. The van der Waals surface area contributed by atoms with Gasteiger partial charge in [-0.1, -0.05) is 83.9 Å². The molecule has 0 unspecified atom stereocenters. The van der Waals surface area contributed by atoms with Crippen molar-refractivity contribution in [2.75, 3.05) is 17.4 Å². The number of amides is 1. The van der Waals surface area contributed by atoms with Crippen molar-refractivity contribution in [2.24, 2.45) is 0 Å². The molecule has 0 aliphatic carbocycles.